The third-order valence-corrected chi connectivity index (χ3v) is 7.42. The standard InChI is InChI=1S/C28H30N4O6S/c1-18-15-29-24(19(2)26(18)37-4)17-39(36)27-30-23-14-21(16-33)10-11-25(23)32(27)28(35)31(12-13-38-20(3)34)22-8-6-5-7-9-22/h5-11,14-15,33H,12-13,16-17H2,1-4H3. The van der Waals surface area contributed by atoms with Gasteiger partial charge in [-0.05, 0) is 43.7 Å². The van der Waals surface area contributed by atoms with E-state index in [1.54, 1.807) is 55.8 Å². The van der Waals surface area contributed by atoms with Crippen LogP contribution in [0.25, 0.3) is 11.0 Å². The van der Waals surface area contributed by atoms with Crippen LogP contribution in [-0.2, 0) is 33.1 Å². The number of hydrogen-bond donors (Lipinski definition) is 1. The summed E-state index contributed by atoms with van der Waals surface area (Å²) in [5, 5.41) is 9.68. The van der Waals surface area contributed by atoms with Crippen molar-refractivity contribution in [3.05, 3.63) is 77.1 Å². The molecule has 4 rings (SSSR count). The van der Waals surface area contributed by atoms with E-state index in [0.717, 1.165) is 11.1 Å². The Kier molecular flexibility index (Phi) is 8.85. The van der Waals surface area contributed by atoms with Gasteiger partial charge in [0.2, 0.25) is 0 Å². The highest BCUT2D eigenvalue weighted by atomic mass is 32.2. The Morgan fingerprint density at radius 1 is 1.15 bits per heavy atom. The number of amides is 1. The molecule has 0 aliphatic carbocycles. The van der Waals surface area contributed by atoms with Gasteiger partial charge in [-0.1, -0.05) is 24.3 Å². The molecule has 2 aromatic heterocycles. The quantitative estimate of drug-likeness (QED) is 0.245. The van der Waals surface area contributed by atoms with E-state index in [0.29, 0.717) is 33.7 Å². The third kappa shape index (κ3) is 6.06. The van der Waals surface area contributed by atoms with Gasteiger partial charge in [0, 0.05) is 41.1 Å². The lowest BCUT2D eigenvalue weighted by atomic mass is 10.1. The normalized spacial score (nSPS) is 11.8. The van der Waals surface area contributed by atoms with Crippen molar-refractivity contribution in [2.75, 3.05) is 25.2 Å². The number of rotatable bonds is 9. The number of aromatic nitrogens is 3. The zero-order chi connectivity index (χ0) is 28.1. The molecule has 1 unspecified atom stereocenters. The maximum Gasteiger partial charge on any atom is 0.338 e. The van der Waals surface area contributed by atoms with E-state index < -0.39 is 23.2 Å². The zero-order valence-electron chi connectivity index (χ0n) is 22.2. The van der Waals surface area contributed by atoms with Crippen LogP contribution in [0.3, 0.4) is 0 Å². The van der Waals surface area contributed by atoms with Crippen LogP contribution >= 0.6 is 0 Å². The number of para-hydroxylation sites is 1. The summed E-state index contributed by atoms with van der Waals surface area (Å²) in [5.41, 5.74) is 4.20. The fourth-order valence-corrected chi connectivity index (χ4v) is 5.54. The number of benzene rings is 2. The first-order chi connectivity index (χ1) is 18.7. The summed E-state index contributed by atoms with van der Waals surface area (Å²) in [6.45, 7) is 4.86. The minimum Gasteiger partial charge on any atom is -0.609 e. The number of anilines is 1. The molecule has 39 heavy (non-hydrogen) atoms. The van der Waals surface area contributed by atoms with Crippen LogP contribution in [-0.4, -0.2) is 56.5 Å². The number of esters is 1. The van der Waals surface area contributed by atoms with Crippen molar-refractivity contribution in [3.63, 3.8) is 0 Å². The van der Waals surface area contributed by atoms with Crippen LogP contribution in [0.2, 0.25) is 0 Å². The van der Waals surface area contributed by atoms with E-state index in [9.17, 15) is 19.2 Å². The first kappa shape index (κ1) is 28.1. The summed E-state index contributed by atoms with van der Waals surface area (Å²) in [4.78, 5) is 36.0. The van der Waals surface area contributed by atoms with Crippen molar-refractivity contribution in [1.29, 1.82) is 0 Å². The molecular weight excluding hydrogens is 520 g/mol. The lowest BCUT2D eigenvalue weighted by Crippen LogP contribution is -2.38. The highest BCUT2D eigenvalue weighted by Crippen LogP contribution is 2.29. The molecule has 0 aliphatic heterocycles. The molecule has 2 aromatic carbocycles. The molecule has 2 heterocycles. The number of carbonyl (C=O) groups excluding carboxylic acids is 2. The lowest BCUT2D eigenvalue weighted by molar-refractivity contribution is -0.140. The fraction of sp³-hybridized carbons (Fsp3) is 0.286. The number of methoxy groups -OCH3 is 1. The molecule has 0 saturated carbocycles. The van der Waals surface area contributed by atoms with E-state index in [2.05, 4.69) is 9.97 Å². The van der Waals surface area contributed by atoms with Gasteiger partial charge in [-0.2, -0.15) is 4.98 Å². The molecule has 0 spiro atoms. The number of ether oxygens (including phenoxy) is 2. The zero-order valence-corrected chi connectivity index (χ0v) is 23.0. The Balaban J connectivity index is 1.80. The molecule has 0 aliphatic rings. The van der Waals surface area contributed by atoms with E-state index in [1.165, 1.54) is 16.4 Å². The minimum absolute atomic E-state index is 0.00468. The maximum atomic E-state index is 14.1. The van der Waals surface area contributed by atoms with Gasteiger partial charge in [-0.15, -0.1) is 0 Å². The van der Waals surface area contributed by atoms with E-state index in [4.69, 9.17) is 9.47 Å². The Labute approximate surface area is 229 Å². The second-order valence-corrected chi connectivity index (χ2v) is 10.2. The molecule has 0 bridgehead atoms. The number of fused-ring (bicyclic) bond motifs is 1. The van der Waals surface area contributed by atoms with Crippen molar-refractivity contribution in [3.8, 4) is 5.75 Å². The van der Waals surface area contributed by atoms with Gasteiger partial charge in [0.1, 0.15) is 12.4 Å². The van der Waals surface area contributed by atoms with Crippen molar-refractivity contribution < 1.29 is 28.7 Å². The fourth-order valence-electron chi connectivity index (χ4n) is 4.29. The Hall–Kier alpha value is -3.93. The van der Waals surface area contributed by atoms with Gasteiger partial charge in [0.15, 0.2) is 5.75 Å². The Morgan fingerprint density at radius 3 is 2.56 bits per heavy atom. The summed E-state index contributed by atoms with van der Waals surface area (Å²) < 4.78 is 25.7. The SMILES string of the molecule is COc1c(C)cnc(C[S+]([O-])c2nc3cc(CO)ccc3n2C(=O)N(CCOC(C)=O)c2ccccc2)c1C. The summed E-state index contributed by atoms with van der Waals surface area (Å²) >= 11 is -1.78. The number of imidazole rings is 1. The highest BCUT2D eigenvalue weighted by molar-refractivity contribution is 7.90. The first-order valence-corrected chi connectivity index (χ1v) is 13.6. The summed E-state index contributed by atoms with van der Waals surface area (Å²) in [5.74, 6) is 0.207. The number of aliphatic hydroxyl groups is 1. The number of aliphatic hydroxyl groups excluding tert-OH is 1. The van der Waals surface area contributed by atoms with Crippen LogP contribution in [0.15, 0.2) is 59.9 Å². The molecular formula is C28H30N4O6S. The predicted octanol–water partition coefficient (Wildman–Crippen LogP) is 3.89. The number of carbonyl (C=O) groups is 2. The average Bonchev–Trinajstić information content (AvgIpc) is 3.32. The topological polar surface area (TPSA) is 130 Å². The monoisotopic (exact) mass is 550 g/mol. The number of hydrogen-bond acceptors (Lipinski definition) is 8. The smallest absolute Gasteiger partial charge is 0.338 e. The molecule has 1 amide bonds. The minimum atomic E-state index is -1.78. The van der Waals surface area contributed by atoms with Gasteiger partial charge >= 0.3 is 17.2 Å². The van der Waals surface area contributed by atoms with Crippen molar-refractivity contribution in [2.24, 2.45) is 0 Å². The van der Waals surface area contributed by atoms with Crippen LogP contribution < -0.4 is 9.64 Å². The van der Waals surface area contributed by atoms with E-state index in [-0.39, 0.29) is 30.7 Å². The largest absolute Gasteiger partial charge is 0.609 e. The third-order valence-electron chi connectivity index (χ3n) is 6.20. The number of pyridine rings is 1. The van der Waals surface area contributed by atoms with Crippen LogP contribution in [0.1, 0.15) is 29.3 Å². The highest BCUT2D eigenvalue weighted by Gasteiger charge is 2.31. The average molecular weight is 551 g/mol. The maximum absolute atomic E-state index is 14.1. The van der Waals surface area contributed by atoms with Crippen molar-refractivity contribution in [2.45, 2.75) is 38.3 Å². The van der Waals surface area contributed by atoms with E-state index >= 15 is 0 Å². The molecule has 11 heteroatoms. The molecule has 0 saturated heterocycles. The number of nitrogens with zero attached hydrogens (tertiary/aromatic N) is 4. The van der Waals surface area contributed by atoms with Gasteiger partial charge in [-0.25, -0.2) is 9.36 Å². The Morgan fingerprint density at radius 2 is 1.90 bits per heavy atom. The van der Waals surface area contributed by atoms with Gasteiger partial charge < -0.3 is 19.1 Å². The van der Waals surface area contributed by atoms with Crippen molar-refractivity contribution in [1.82, 2.24) is 14.5 Å². The molecule has 0 radical (unpaired) electrons. The number of aryl methyl sites for hydroxylation is 1. The lowest BCUT2D eigenvalue weighted by Gasteiger charge is -2.24. The summed E-state index contributed by atoms with van der Waals surface area (Å²) in [6.07, 6.45) is 1.66. The Bertz CT molecular complexity index is 1490. The van der Waals surface area contributed by atoms with Gasteiger partial charge in [0.25, 0.3) is 0 Å². The summed E-state index contributed by atoms with van der Waals surface area (Å²) in [6, 6.07) is 13.4. The van der Waals surface area contributed by atoms with Crippen LogP contribution in [0, 0.1) is 13.8 Å². The molecule has 4 aromatic rings. The van der Waals surface area contributed by atoms with Crippen LogP contribution in [0.4, 0.5) is 10.5 Å². The van der Waals surface area contributed by atoms with Crippen LogP contribution in [0.5, 0.6) is 5.75 Å². The first-order valence-electron chi connectivity index (χ1n) is 12.2. The second kappa shape index (κ2) is 12.3. The van der Waals surface area contributed by atoms with Gasteiger partial charge in [-0.3, -0.25) is 14.7 Å². The van der Waals surface area contributed by atoms with Crippen molar-refractivity contribution >= 4 is 39.9 Å². The molecule has 1 atom stereocenters. The molecule has 204 valence electrons. The van der Waals surface area contributed by atoms with Gasteiger partial charge in [0.05, 0.1) is 37.0 Å². The second-order valence-electron chi connectivity index (χ2n) is 8.86. The molecule has 0 fully saturated rings. The molecule has 1 N–H and O–H groups in total. The van der Waals surface area contributed by atoms with E-state index in [1.807, 2.05) is 19.9 Å². The summed E-state index contributed by atoms with van der Waals surface area (Å²) in [7, 11) is 1.57. The molecule has 10 nitrogen and oxygen atoms in total. The predicted molar refractivity (Wildman–Crippen MR) is 147 cm³/mol.